The minimum Gasteiger partial charge on any atom is -0.494 e. The van der Waals surface area contributed by atoms with Gasteiger partial charge in [-0.2, -0.15) is 8.78 Å². The molecular weight excluding hydrogens is 225 g/mol. The van der Waals surface area contributed by atoms with E-state index in [1.54, 1.807) is 0 Å². The molecule has 1 rings (SSSR count). The van der Waals surface area contributed by atoms with Crippen molar-refractivity contribution < 1.29 is 27.8 Å². The van der Waals surface area contributed by atoms with E-state index < -0.39 is 24.1 Å². The number of hydrogen-bond donors (Lipinski definition) is 1. The third-order valence-electron chi connectivity index (χ3n) is 1.96. The van der Waals surface area contributed by atoms with Crippen LogP contribution in [0.5, 0.6) is 5.75 Å². The fourth-order valence-corrected chi connectivity index (χ4v) is 1.15. The molecule has 0 aliphatic carbocycles. The fourth-order valence-electron chi connectivity index (χ4n) is 1.15. The van der Waals surface area contributed by atoms with Crippen molar-refractivity contribution in [3.63, 3.8) is 0 Å². The standard InChI is InChI=1S/C10H9F3O3/c1-16-8-3-2-6(4-7(8)11)5-10(12,13)9(14)15/h2-4H,5H2,1H3,(H,14,15). The third-order valence-corrected chi connectivity index (χ3v) is 1.96. The van der Waals surface area contributed by atoms with Crippen LogP contribution in [0.15, 0.2) is 18.2 Å². The molecule has 88 valence electrons. The van der Waals surface area contributed by atoms with E-state index >= 15 is 0 Å². The van der Waals surface area contributed by atoms with E-state index in [9.17, 15) is 18.0 Å². The third kappa shape index (κ3) is 2.65. The summed E-state index contributed by atoms with van der Waals surface area (Å²) in [7, 11) is 1.24. The van der Waals surface area contributed by atoms with Gasteiger partial charge in [0.15, 0.2) is 11.6 Å². The normalized spacial score (nSPS) is 11.2. The number of alkyl halides is 2. The van der Waals surface area contributed by atoms with Crippen molar-refractivity contribution >= 4 is 5.97 Å². The second-order valence-electron chi connectivity index (χ2n) is 3.16. The van der Waals surface area contributed by atoms with Crippen molar-refractivity contribution in [1.82, 2.24) is 0 Å². The van der Waals surface area contributed by atoms with Gasteiger partial charge in [-0.15, -0.1) is 0 Å². The zero-order valence-corrected chi connectivity index (χ0v) is 8.34. The topological polar surface area (TPSA) is 46.5 Å². The molecule has 0 fully saturated rings. The monoisotopic (exact) mass is 234 g/mol. The summed E-state index contributed by atoms with van der Waals surface area (Å²) in [6.07, 6.45) is -1.05. The van der Waals surface area contributed by atoms with E-state index in [4.69, 9.17) is 5.11 Å². The molecule has 1 N–H and O–H groups in total. The van der Waals surface area contributed by atoms with E-state index in [0.717, 1.165) is 6.07 Å². The molecule has 0 aliphatic heterocycles. The zero-order chi connectivity index (χ0) is 12.3. The van der Waals surface area contributed by atoms with Gasteiger partial charge in [0.2, 0.25) is 0 Å². The molecule has 0 amide bonds. The lowest BCUT2D eigenvalue weighted by Gasteiger charge is -2.11. The van der Waals surface area contributed by atoms with Gasteiger partial charge in [0, 0.05) is 6.42 Å². The lowest BCUT2D eigenvalue weighted by Crippen LogP contribution is -2.30. The molecule has 0 bridgehead atoms. The molecule has 0 spiro atoms. The van der Waals surface area contributed by atoms with Gasteiger partial charge >= 0.3 is 11.9 Å². The average molecular weight is 234 g/mol. The molecule has 0 unspecified atom stereocenters. The summed E-state index contributed by atoms with van der Waals surface area (Å²) < 4.78 is 43.3. The Bertz CT molecular complexity index is 404. The molecule has 0 saturated heterocycles. The lowest BCUT2D eigenvalue weighted by atomic mass is 10.1. The highest BCUT2D eigenvalue weighted by atomic mass is 19.3. The number of rotatable bonds is 4. The van der Waals surface area contributed by atoms with E-state index in [0.29, 0.717) is 0 Å². The number of halogens is 3. The number of carbonyl (C=O) groups is 1. The Morgan fingerprint density at radius 1 is 1.50 bits per heavy atom. The van der Waals surface area contributed by atoms with E-state index in [1.807, 2.05) is 0 Å². The van der Waals surface area contributed by atoms with Crippen LogP contribution in [0.2, 0.25) is 0 Å². The quantitative estimate of drug-likeness (QED) is 0.867. The predicted octanol–water partition coefficient (Wildman–Crippen LogP) is 2.10. The molecule has 3 nitrogen and oxygen atoms in total. The van der Waals surface area contributed by atoms with Gasteiger partial charge in [0.05, 0.1) is 7.11 Å². The number of carboxylic acids is 1. The Kier molecular flexibility index (Phi) is 3.41. The van der Waals surface area contributed by atoms with Crippen molar-refractivity contribution in [1.29, 1.82) is 0 Å². The Labute approximate surface area is 89.5 Å². The predicted molar refractivity (Wildman–Crippen MR) is 49.2 cm³/mol. The minimum atomic E-state index is -3.90. The van der Waals surface area contributed by atoms with E-state index in [-0.39, 0.29) is 11.3 Å². The SMILES string of the molecule is COc1ccc(CC(F)(F)C(=O)O)cc1F. The fraction of sp³-hybridized carbons (Fsp3) is 0.300. The number of hydrogen-bond acceptors (Lipinski definition) is 2. The maximum atomic E-state index is 13.1. The van der Waals surface area contributed by atoms with Crippen LogP contribution in [-0.4, -0.2) is 24.1 Å². The number of methoxy groups -OCH3 is 1. The Balaban J connectivity index is 2.91. The number of ether oxygens (including phenoxy) is 1. The van der Waals surface area contributed by atoms with Crippen molar-refractivity contribution in [3.05, 3.63) is 29.6 Å². The molecule has 16 heavy (non-hydrogen) atoms. The van der Waals surface area contributed by atoms with Crippen molar-refractivity contribution in [2.24, 2.45) is 0 Å². The summed E-state index contributed by atoms with van der Waals surface area (Å²) in [4.78, 5) is 10.2. The lowest BCUT2D eigenvalue weighted by molar-refractivity contribution is -0.164. The number of aliphatic carboxylic acids is 1. The zero-order valence-electron chi connectivity index (χ0n) is 8.34. The van der Waals surface area contributed by atoms with Crippen molar-refractivity contribution in [2.75, 3.05) is 7.11 Å². The maximum Gasteiger partial charge on any atom is 0.374 e. The summed E-state index contributed by atoms with van der Waals surface area (Å²) in [5.41, 5.74) is -0.106. The van der Waals surface area contributed by atoms with Gasteiger partial charge in [-0.05, 0) is 17.7 Å². The summed E-state index contributed by atoms with van der Waals surface area (Å²) in [5, 5.41) is 8.20. The maximum absolute atomic E-state index is 13.1. The highest BCUT2D eigenvalue weighted by Crippen LogP contribution is 2.24. The van der Waals surface area contributed by atoms with Crippen LogP contribution in [-0.2, 0) is 11.2 Å². The first-order chi connectivity index (χ1) is 7.36. The van der Waals surface area contributed by atoms with Crippen LogP contribution < -0.4 is 4.74 Å². The first-order valence-electron chi connectivity index (χ1n) is 4.30. The van der Waals surface area contributed by atoms with Crippen molar-refractivity contribution in [3.8, 4) is 5.75 Å². The van der Waals surface area contributed by atoms with Crippen LogP contribution in [0.25, 0.3) is 0 Å². The van der Waals surface area contributed by atoms with Gasteiger partial charge in [0.25, 0.3) is 0 Å². The number of carboxylic acid groups (broad SMARTS) is 1. The summed E-state index contributed by atoms with van der Waals surface area (Å²) >= 11 is 0. The molecular formula is C10H9F3O3. The Morgan fingerprint density at radius 2 is 2.12 bits per heavy atom. The molecule has 1 aromatic carbocycles. The summed E-state index contributed by atoms with van der Waals surface area (Å²) in [5.74, 6) is -7.02. The summed E-state index contributed by atoms with van der Waals surface area (Å²) in [6.45, 7) is 0. The van der Waals surface area contributed by atoms with Gasteiger partial charge in [-0.1, -0.05) is 6.07 Å². The van der Waals surface area contributed by atoms with Crippen molar-refractivity contribution in [2.45, 2.75) is 12.3 Å². The first kappa shape index (κ1) is 12.4. The van der Waals surface area contributed by atoms with Crippen LogP contribution >= 0.6 is 0 Å². The molecule has 0 saturated carbocycles. The van der Waals surface area contributed by atoms with Crippen LogP contribution in [0.4, 0.5) is 13.2 Å². The Hall–Kier alpha value is -1.72. The highest BCUT2D eigenvalue weighted by molar-refractivity contribution is 5.75. The molecule has 0 heterocycles. The molecule has 1 aromatic rings. The van der Waals surface area contributed by atoms with Crippen LogP contribution in [0, 0.1) is 5.82 Å². The van der Waals surface area contributed by atoms with E-state index in [2.05, 4.69) is 4.74 Å². The average Bonchev–Trinajstić information content (AvgIpc) is 2.17. The van der Waals surface area contributed by atoms with E-state index in [1.165, 1.54) is 19.2 Å². The second kappa shape index (κ2) is 4.42. The van der Waals surface area contributed by atoms with Crippen LogP contribution in [0.1, 0.15) is 5.56 Å². The Morgan fingerprint density at radius 3 is 2.56 bits per heavy atom. The van der Waals surface area contributed by atoms with Gasteiger partial charge in [-0.3, -0.25) is 0 Å². The van der Waals surface area contributed by atoms with Crippen LogP contribution in [0.3, 0.4) is 0 Å². The molecule has 6 heteroatoms. The smallest absolute Gasteiger partial charge is 0.374 e. The minimum absolute atomic E-state index is 0.0811. The van der Waals surface area contributed by atoms with Gasteiger partial charge in [-0.25, -0.2) is 9.18 Å². The molecule has 0 aromatic heterocycles. The molecule has 0 atom stereocenters. The first-order valence-corrected chi connectivity index (χ1v) is 4.30. The highest BCUT2D eigenvalue weighted by Gasteiger charge is 2.38. The second-order valence-corrected chi connectivity index (χ2v) is 3.16. The van der Waals surface area contributed by atoms with Gasteiger partial charge < -0.3 is 9.84 Å². The molecule has 0 radical (unpaired) electrons. The number of benzene rings is 1. The summed E-state index contributed by atoms with van der Waals surface area (Å²) in [6, 6.07) is 3.19. The van der Waals surface area contributed by atoms with Gasteiger partial charge in [0.1, 0.15) is 0 Å². The largest absolute Gasteiger partial charge is 0.494 e. The molecule has 0 aliphatic rings.